The van der Waals surface area contributed by atoms with Gasteiger partial charge in [-0.1, -0.05) is 18.2 Å². The van der Waals surface area contributed by atoms with Crippen LogP contribution in [0.2, 0.25) is 0 Å². The molecule has 24 heavy (non-hydrogen) atoms. The highest BCUT2D eigenvalue weighted by atomic mass is 16.5. The zero-order chi connectivity index (χ0) is 16.6. The fourth-order valence-electron chi connectivity index (χ4n) is 1.96. The number of nitrogens with two attached hydrogens (primary N) is 1. The van der Waals surface area contributed by atoms with Gasteiger partial charge >= 0.3 is 0 Å². The summed E-state index contributed by atoms with van der Waals surface area (Å²) in [5.74, 6) is 2.53. The molecule has 3 rings (SSSR count). The molecule has 0 saturated heterocycles. The Bertz CT molecular complexity index is 768. The van der Waals surface area contributed by atoms with E-state index in [2.05, 4.69) is 30.6 Å². The van der Waals surface area contributed by atoms with Crippen molar-refractivity contribution in [2.45, 2.75) is 0 Å². The maximum absolute atomic E-state index is 5.73. The van der Waals surface area contributed by atoms with Crippen LogP contribution in [0.1, 0.15) is 0 Å². The van der Waals surface area contributed by atoms with E-state index >= 15 is 0 Å². The Labute approximate surface area is 139 Å². The smallest absolute Gasteiger partial charge is 0.228 e. The maximum Gasteiger partial charge on any atom is 0.228 e. The molecule has 0 aliphatic heterocycles. The Morgan fingerprint density at radius 1 is 0.958 bits per heavy atom. The molecule has 1 aromatic carbocycles. The molecule has 0 aliphatic rings. The van der Waals surface area contributed by atoms with Crippen LogP contribution in [0.15, 0.2) is 54.9 Å². The normalized spacial score (nSPS) is 10.2. The number of aromatic nitrogens is 4. The van der Waals surface area contributed by atoms with Crippen molar-refractivity contribution < 1.29 is 4.74 Å². The molecule has 0 saturated carbocycles. The average Bonchev–Trinajstić information content (AvgIpc) is 2.60. The second-order valence-electron chi connectivity index (χ2n) is 4.78. The second kappa shape index (κ2) is 7.73. The van der Waals surface area contributed by atoms with Crippen LogP contribution in [0.3, 0.4) is 0 Å². The van der Waals surface area contributed by atoms with E-state index in [9.17, 15) is 0 Å². The largest absolute Gasteiger partial charge is 0.492 e. The highest BCUT2D eigenvalue weighted by Crippen LogP contribution is 2.15. The fraction of sp³-hybridized carbons (Fsp3) is 0.125. The number of nitrogens with one attached hydrogen (secondary N) is 2. The molecule has 4 N–H and O–H groups in total. The zero-order valence-corrected chi connectivity index (χ0v) is 12.9. The van der Waals surface area contributed by atoms with Crippen LogP contribution in [-0.2, 0) is 0 Å². The molecule has 2 heterocycles. The Balaban J connectivity index is 1.55. The zero-order valence-electron chi connectivity index (χ0n) is 12.9. The molecule has 0 atom stereocenters. The van der Waals surface area contributed by atoms with Crippen molar-refractivity contribution in [3.05, 3.63) is 54.9 Å². The van der Waals surface area contributed by atoms with E-state index in [4.69, 9.17) is 10.5 Å². The van der Waals surface area contributed by atoms with Crippen LogP contribution >= 0.6 is 0 Å². The summed E-state index contributed by atoms with van der Waals surface area (Å²) < 4.78 is 5.61. The Morgan fingerprint density at radius 2 is 1.71 bits per heavy atom. The first-order valence-corrected chi connectivity index (χ1v) is 7.40. The van der Waals surface area contributed by atoms with Crippen LogP contribution in [0.4, 0.5) is 23.5 Å². The Kier molecular flexibility index (Phi) is 4.98. The van der Waals surface area contributed by atoms with E-state index in [0.29, 0.717) is 30.7 Å². The van der Waals surface area contributed by atoms with E-state index in [1.807, 2.05) is 30.3 Å². The van der Waals surface area contributed by atoms with E-state index in [1.165, 1.54) is 0 Å². The predicted molar refractivity (Wildman–Crippen MR) is 92.2 cm³/mol. The number of benzene rings is 1. The van der Waals surface area contributed by atoms with Crippen LogP contribution in [-0.4, -0.2) is 33.1 Å². The van der Waals surface area contributed by atoms with E-state index in [-0.39, 0.29) is 5.95 Å². The van der Waals surface area contributed by atoms with Crippen molar-refractivity contribution in [3.8, 4) is 5.75 Å². The predicted octanol–water partition coefficient (Wildman–Crippen LogP) is 2.08. The van der Waals surface area contributed by atoms with Crippen LogP contribution in [0.5, 0.6) is 5.75 Å². The molecule has 0 radical (unpaired) electrons. The van der Waals surface area contributed by atoms with Crippen molar-refractivity contribution in [3.63, 3.8) is 0 Å². The molecular formula is C16H17N7O. The van der Waals surface area contributed by atoms with Gasteiger partial charge in [-0.15, -0.1) is 0 Å². The first kappa shape index (κ1) is 15.5. The molecule has 8 nitrogen and oxygen atoms in total. The van der Waals surface area contributed by atoms with Crippen LogP contribution in [0.25, 0.3) is 0 Å². The van der Waals surface area contributed by atoms with Crippen molar-refractivity contribution in [1.29, 1.82) is 0 Å². The van der Waals surface area contributed by atoms with Gasteiger partial charge in [0.25, 0.3) is 0 Å². The number of hydrogen-bond donors (Lipinski definition) is 3. The first-order chi connectivity index (χ1) is 11.8. The van der Waals surface area contributed by atoms with Gasteiger partial charge in [0.2, 0.25) is 11.9 Å². The Hall–Kier alpha value is -3.42. The van der Waals surface area contributed by atoms with Crippen molar-refractivity contribution in [1.82, 2.24) is 19.9 Å². The van der Waals surface area contributed by atoms with Gasteiger partial charge in [0.1, 0.15) is 24.0 Å². The summed E-state index contributed by atoms with van der Waals surface area (Å²) in [6.45, 7) is 1.07. The molecule has 3 aromatic rings. The number of ether oxygens (including phenoxy) is 1. The molecule has 122 valence electrons. The van der Waals surface area contributed by atoms with Gasteiger partial charge in [0, 0.05) is 18.5 Å². The summed E-state index contributed by atoms with van der Waals surface area (Å²) in [7, 11) is 0. The third kappa shape index (κ3) is 4.54. The summed E-state index contributed by atoms with van der Waals surface area (Å²) in [6, 6.07) is 13.1. The van der Waals surface area contributed by atoms with Gasteiger partial charge in [-0.25, -0.2) is 9.97 Å². The minimum Gasteiger partial charge on any atom is -0.492 e. The number of rotatable bonds is 7. The first-order valence-electron chi connectivity index (χ1n) is 7.40. The molecule has 0 spiro atoms. The highest BCUT2D eigenvalue weighted by Gasteiger charge is 2.04. The van der Waals surface area contributed by atoms with Crippen molar-refractivity contribution in [2.75, 3.05) is 29.5 Å². The lowest BCUT2D eigenvalue weighted by molar-refractivity contribution is 0.333. The average molecular weight is 323 g/mol. The monoisotopic (exact) mass is 323 g/mol. The molecule has 0 bridgehead atoms. The van der Waals surface area contributed by atoms with Gasteiger partial charge in [-0.2, -0.15) is 9.97 Å². The highest BCUT2D eigenvalue weighted by molar-refractivity contribution is 5.56. The number of hydrogen-bond acceptors (Lipinski definition) is 8. The summed E-state index contributed by atoms with van der Waals surface area (Å²) in [5, 5.41) is 6.12. The van der Waals surface area contributed by atoms with Gasteiger partial charge in [0.15, 0.2) is 0 Å². The van der Waals surface area contributed by atoms with Crippen LogP contribution < -0.4 is 21.1 Å². The van der Waals surface area contributed by atoms with Crippen molar-refractivity contribution in [2.24, 2.45) is 0 Å². The van der Waals surface area contributed by atoms with Gasteiger partial charge in [-0.05, 0) is 18.2 Å². The molecule has 0 unspecified atom stereocenters. The third-order valence-corrected chi connectivity index (χ3v) is 2.97. The Morgan fingerprint density at radius 3 is 2.50 bits per heavy atom. The summed E-state index contributed by atoms with van der Waals surface area (Å²) in [5.41, 5.74) is 5.73. The second-order valence-corrected chi connectivity index (χ2v) is 4.78. The van der Waals surface area contributed by atoms with Crippen LogP contribution in [0, 0.1) is 0 Å². The standard InChI is InChI=1S/C16H17N7O/c17-15-21-13(18-9-10-24-12-5-2-1-3-6-12)11-14(22-15)23-16-19-7-4-8-20-16/h1-8,11H,9-10H2,(H4,17,18,19,20,21,22,23). The number of anilines is 4. The third-order valence-electron chi connectivity index (χ3n) is 2.97. The summed E-state index contributed by atoms with van der Waals surface area (Å²) >= 11 is 0. The van der Waals surface area contributed by atoms with Gasteiger partial charge in [-0.3, -0.25) is 0 Å². The molecule has 0 fully saturated rings. The number of para-hydroxylation sites is 1. The van der Waals surface area contributed by atoms with Gasteiger partial charge in [0.05, 0.1) is 6.54 Å². The van der Waals surface area contributed by atoms with E-state index in [1.54, 1.807) is 24.5 Å². The number of nitrogens with zero attached hydrogens (tertiary/aromatic N) is 4. The molecular weight excluding hydrogens is 306 g/mol. The molecule has 0 aliphatic carbocycles. The SMILES string of the molecule is Nc1nc(NCCOc2ccccc2)cc(Nc2ncccn2)n1. The molecule has 8 heteroatoms. The minimum absolute atomic E-state index is 0.155. The maximum atomic E-state index is 5.73. The topological polar surface area (TPSA) is 111 Å². The molecule has 0 amide bonds. The minimum atomic E-state index is 0.155. The summed E-state index contributed by atoms with van der Waals surface area (Å²) in [6.07, 6.45) is 3.28. The van der Waals surface area contributed by atoms with Gasteiger partial charge < -0.3 is 21.1 Å². The van der Waals surface area contributed by atoms with Crippen molar-refractivity contribution >= 4 is 23.5 Å². The quantitative estimate of drug-likeness (QED) is 0.567. The number of nitrogen functional groups attached to an aromatic ring is 1. The molecule has 2 aromatic heterocycles. The lowest BCUT2D eigenvalue weighted by Crippen LogP contribution is -2.13. The fourth-order valence-corrected chi connectivity index (χ4v) is 1.96. The lowest BCUT2D eigenvalue weighted by Gasteiger charge is -2.10. The lowest BCUT2D eigenvalue weighted by atomic mass is 10.3. The van der Waals surface area contributed by atoms with E-state index < -0.39 is 0 Å². The van der Waals surface area contributed by atoms with E-state index in [0.717, 1.165) is 5.75 Å². The summed E-state index contributed by atoms with van der Waals surface area (Å²) in [4.78, 5) is 16.4.